The molecule has 168 valence electrons. The lowest BCUT2D eigenvalue weighted by Crippen LogP contribution is -2.38. The summed E-state index contributed by atoms with van der Waals surface area (Å²) in [6.45, 7) is 6.86. The number of ether oxygens (including phenoxy) is 3. The number of nitrogens with zero attached hydrogens (tertiary/aromatic N) is 3. The Kier molecular flexibility index (Phi) is 12.7. The van der Waals surface area contributed by atoms with Crippen LogP contribution in [0.15, 0.2) is 34.6 Å². The third-order valence-corrected chi connectivity index (χ3v) is 5.30. The summed E-state index contributed by atoms with van der Waals surface area (Å²) in [5, 5.41) is 6.41. The second kappa shape index (κ2) is 14.4. The van der Waals surface area contributed by atoms with E-state index in [1.807, 2.05) is 38.2 Å². The number of thiazole rings is 1. The molecule has 1 heterocycles. The number of guanidine groups is 1. The number of benzene rings is 1. The van der Waals surface area contributed by atoms with Crippen molar-refractivity contribution < 1.29 is 14.2 Å². The summed E-state index contributed by atoms with van der Waals surface area (Å²) >= 11 is 1.63. The number of hydrogen-bond acceptors (Lipinski definition) is 6. The summed E-state index contributed by atoms with van der Waals surface area (Å²) in [5.41, 5.74) is 1.02. The Labute approximate surface area is 200 Å². The number of nitrogens with one attached hydrogen (secondary N) is 1. The maximum absolute atomic E-state index is 5.78. The van der Waals surface area contributed by atoms with Crippen LogP contribution in [0.4, 0.5) is 0 Å². The molecule has 1 atom stereocenters. The summed E-state index contributed by atoms with van der Waals surface area (Å²) in [5.74, 6) is 2.46. The molecule has 0 saturated carbocycles. The number of methoxy groups -OCH3 is 2. The van der Waals surface area contributed by atoms with Crippen LogP contribution in [0.25, 0.3) is 0 Å². The van der Waals surface area contributed by atoms with Gasteiger partial charge in [0.05, 0.1) is 26.0 Å². The average Bonchev–Trinajstić information content (AvgIpc) is 3.20. The van der Waals surface area contributed by atoms with Crippen LogP contribution >= 0.6 is 35.3 Å². The van der Waals surface area contributed by atoms with Crippen molar-refractivity contribution in [2.24, 2.45) is 4.99 Å². The monoisotopic (exact) mass is 548 g/mol. The van der Waals surface area contributed by atoms with Crippen LogP contribution in [0.2, 0.25) is 0 Å². The maximum Gasteiger partial charge on any atom is 0.194 e. The molecule has 2 aromatic rings. The standard InChI is InChI=1S/C21H32N4O3S.HI/c1-6-22-21(25(3)14-17-15-29-20(24-17)16(2)26-4)23-11-8-12-28-19-10-7-9-18(13-19)27-5;/h7,9-10,13,15-16H,6,8,11-12,14H2,1-5H3,(H,22,23);1H. The topological polar surface area (TPSA) is 68.2 Å². The zero-order valence-corrected chi connectivity index (χ0v) is 21.5. The number of hydrogen-bond donors (Lipinski definition) is 1. The van der Waals surface area contributed by atoms with Gasteiger partial charge in [0.25, 0.3) is 0 Å². The third kappa shape index (κ3) is 8.65. The van der Waals surface area contributed by atoms with Gasteiger partial charge in [-0.05, 0) is 26.0 Å². The lowest BCUT2D eigenvalue weighted by molar-refractivity contribution is 0.119. The molecule has 0 aliphatic heterocycles. The largest absolute Gasteiger partial charge is 0.497 e. The molecule has 0 aliphatic carbocycles. The molecule has 30 heavy (non-hydrogen) atoms. The zero-order chi connectivity index (χ0) is 21.1. The second-order valence-electron chi connectivity index (χ2n) is 6.53. The number of aromatic nitrogens is 1. The predicted molar refractivity (Wildman–Crippen MR) is 134 cm³/mol. The normalized spacial score (nSPS) is 12.1. The van der Waals surface area contributed by atoms with Crippen LogP contribution in [-0.2, 0) is 11.3 Å². The van der Waals surface area contributed by atoms with Gasteiger partial charge in [-0.25, -0.2) is 4.98 Å². The Morgan fingerprint density at radius 1 is 1.30 bits per heavy atom. The first-order valence-corrected chi connectivity index (χ1v) is 10.7. The summed E-state index contributed by atoms with van der Waals surface area (Å²) in [6, 6.07) is 7.63. The quantitative estimate of drug-likeness (QED) is 0.195. The van der Waals surface area contributed by atoms with E-state index in [9.17, 15) is 0 Å². The Bertz CT molecular complexity index is 772. The van der Waals surface area contributed by atoms with Gasteiger partial charge in [0, 0.05) is 45.1 Å². The van der Waals surface area contributed by atoms with Gasteiger partial charge in [0.1, 0.15) is 22.6 Å². The Hall–Kier alpha value is -1.59. The molecule has 0 spiro atoms. The van der Waals surface area contributed by atoms with Gasteiger partial charge in [0.2, 0.25) is 0 Å². The van der Waals surface area contributed by atoms with E-state index < -0.39 is 0 Å². The van der Waals surface area contributed by atoms with E-state index in [1.165, 1.54) is 0 Å². The fraction of sp³-hybridized carbons (Fsp3) is 0.524. The number of halogens is 1. The number of aliphatic imine (C=N–C) groups is 1. The van der Waals surface area contributed by atoms with Crippen molar-refractivity contribution >= 4 is 41.3 Å². The van der Waals surface area contributed by atoms with Gasteiger partial charge in [0.15, 0.2) is 5.96 Å². The van der Waals surface area contributed by atoms with E-state index in [2.05, 4.69) is 27.5 Å². The van der Waals surface area contributed by atoms with E-state index in [-0.39, 0.29) is 30.1 Å². The smallest absolute Gasteiger partial charge is 0.194 e. The molecule has 1 aromatic heterocycles. The van der Waals surface area contributed by atoms with Crippen molar-refractivity contribution in [2.75, 3.05) is 41.0 Å². The molecule has 9 heteroatoms. The van der Waals surface area contributed by atoms with Crippen molar-refractivity contribution in [1.29, 1.82) is 0 Å². The van der Waals surface area contributed by atoms with Gasteiger partial charge >= 0.3 is 0 Å². The van der Waals surface area contributed by atoms with Crippen LogP contribution in [-0.4, -0.2) is 56.8 Å². The van der Waals surface area contributed by atoms with Crippen molar-refractivity contribution in [1.82, 2.24) is 15.2 Å². The molecule has 0 radical (unpaired) electrons. The SMILES string of the molecule is CCNC(=NCCCOc1cccc(OC)c1)N(C)Cc1csc(C(C)OC)n1.I. The van der Waals surface area contributed by atoms with E-state index in [4.69, 9.17) is 19.2 Å². The van der Waals surface area contributed by atoms with Gasteiger partial charge in [-0.2, -0.15) is 0 Å². The first-order chi connectivity index (χ1) is 14.1. The van der Waals surface area contributed by atoms with E-state index in [0.717, 1.165) is 41.1 Å². The van der Waals surface area contributed by atoms with Crippen molar-refractivity contribution in [3.05, 3.63) is 40.3 Å². The van der Waals surface area contributed by atoms with Gasteiger partial charge in [-0.1, -0.05) is 6.07 Å². The molecule has 0 fully saturated rings. The minimum absolute atomic E-state index is 0. The van der Waals surface area contributed by atoms with E-state index in [1.54, 1.807) is 25.6 Å². The van der Waals surface area contributed by atoms with Crippen molar-refractivity contribution in [3.8, 4) is 11.5 Å². The molecule has 0 aliphatic rings. The van der Waals surface area contributed by atoms with Gasteiger partial charge < -0.3 is 24.4 Å². The highest BCUT2D eigenvalue weighted by Crippen LogP contribution is 2.21. The first kappa shape index (κ1) is 26.4. The molecule has 2 rings (SSSR count). The van der Waals surface area contributed by atoms with Crippen molar-refractivity contribution in [2.45, 2.75) is 32.9 Å². The van der Waals surface area contributed by atoms with E-state index >= 15 is 0 Å². The molecule has 1 aromatic carbocycles. The molecule has 0 bridgehead atoms. The maximum atomic E-state index is 5.78. The minimum atomic E-state index is 0. The van der Waals surface area contributed by atoms with Crippen LogP contribution in [0, 0.1) is 0 Å². The molecule has 7 nitrogen and oxygen atoms in total. The van der Waals surface area contributed by atoms with Crippen molar-refractivity contribution in [3.63, 3.8) is 0 Å². The van der Waals surface area contributed by atoms with Crippen LogP contribution < -0.4 is 14.8 Å². The lowest BCUT2D eigenvalue weighted by Gasteiger charge is -2.21. The highest BCUT2D eigenvalue weighted by molar-refractivity contribution is 14.0. The van der Waals surface area contributed by atoms with Crippen LogP contribution in [0.1, 0.15) is 37.1 Å². The van der Waals surface area contributed by atoms with Gasteiger partial charge in [-0.15, -0.1) is 35.3 Å². The highest BCUT2D eigenvalue weighted by Gasteiger charge is 2.12. The molecule has 0 amide bonds. The Balaban J connectivity index is 0.00000450. The summed E-state index contributed by atoms with van der Waals surface area (Å²) < 4.78 is 16.3. The van der Waals surface area contributed by atoms with Crippen LogP contribution in [0.3, 0.4) is 0 Å². The molecular weight excluding hydrogens is 515 g/mol. The second-order valence-corrected chi connectivity index (χ2v) is 7.42. The van der Waals surface area contributed by atoms with Crippen LogP contribution in [0.5, 0.6) is 11.5 Å². The average molecular weight is 548 g/mol. The predicted octanol–water partition coefficient (Wildman–Crippen LogP) is 4.34. The third-order valence-electron chi connectivity index (χ3n) is 4.24. The molecule has 1 unspecified atom stereocenters. The lowest BCUT2D eigenvalue weighted by atomic mass is 10.3. The van der Waals surface area contributed by atoms with Gasteiger partial charge in [-0.3, -0.25) is 4.99 Å². The molecule has 1 N–H and O–H groups in total. The first-order valence-electron chi connectivity index (χ1n) is 9.80. The summed E-state index contributed by atoms with van der Waals surface area (Å²) in [4.78, 5) is 11.5. The fourth-order valence-electron chi connectivity index (χ4n) is 2.60. The summed E-state index contributed by atoms with van der Waals surface area (Å²) in [7, 11) is 5.37. The summed E-state index contributed by atoms with van der Waals surface area (Å²) in [6.07, 6.45) is 0.845. The highest BCUT2D eigenvalue weighted by atomic mass is 127. The Morgan fingerprint density at radius 3 is 2.77 bits per heavy atom. The minimum Gasteiger partial charge on any atom is -0.497 e. The van der Waals surface area contributed by atoms with E-state index in [0.29, 0.717) is 19.7 Å². The zero-order valence-electron chi connectivity index (χ0n) is 18.4. The molecule has 0 saturated heterocycles. The number of rotatable bonds is 11. The molecular formula is C21H33IN4O3S. The fourth-order valence-corrected chi connectivity index (χ4v) is 3.44. The Morgan fingerprint density at radius 2 is 2.07 bits per heavy atom.